The lowest BCUT2D eigenvalue weighted by Crippen LogP contribution is -2.41. The van der Waals surface area contributed by atoms with Gasteiger partial charge in [-0.05, 0) is 18.6 Å². The Kier molecular flexibility index (Phi) is 9.21. The Hall–Kier alpha value is -5.19. The fourth-order valence-electron chi connectivity index (χ4n) is 4.20. The first-order chi connectivity index (χ1) is 20.2. The van der Waals surface area contributed by atoms with Crippen LogP contribution in [-0.2, 0) is 17.4 Å². The lowest BCUT2D eigenvalue weighted by atomic mass is 10.0. The second-order valence-electron chi connectivity index (χ2n) is 8.66. The van der Waals surface area contributed by atoms with E-state index < -0.39 is 23.8 Å². The smallest absolute Gasteiger partial charge is 0.426 e. The molecule has 14 nitrogen and oxygen atoms in total. The van der Waals surface area contributed by atoms with E-state index in [0.29, 0.717) is 25.1 Å². The summed E-state index contributed by atoms with van der Waals surface area (Å²) in [7, 11) is 0. The molecule has 0 bridgehead atoms. The standard InChI is InChI=1S/C25H27F3N10O4/c1-2-14-15(23(40)31-7-8-33-24(41)32-6-5-29)3-4-17(19(14)42-13-39)36-21-22-34-12-18(38(22)10-9-30-21)16-11-35-37-20(16)25(26,27)28/h3-4,9-13H,2,5-8,29H2,1H3,(H,30,36)(H,31,40)(H,35,37)(H2,32,33,41). The van der Waals surface area contributed by atoms with E-state index in [9.17, 15) is 27.6 Å². The van der Waals surface area contributed by atoms with Gasteiger partial charge in [0.05, 0.1) is 29.3 Å². The minimum atomic E-state index is -4.66. The number of imidazole rings is 1. The van der Waals surface area contributed by atoms with Crippen LogP contribution in [0.5, 0.6) is 5.75 Å². The first kappa shape index (κ1) is 29.8. The number of aromatic amines is 1. The van der Waals surface area contributed by atoms with Gasteiger partial charge in [-0.3, -0.25) is 19.1 Å². The maximum atomic E-state index is 13.5. The summed E-state index contributed by atoms with van der Waals surface area (Å²) < 4.78 is 47.0. The number of hydrogen-bond acceptors (Lipinski definition) is 9. The third-order valence-corrected chi connectivity index (χ3v) is 6.03. The van der Waals surface area contributed by atoms with Gasteiger partial charge in [-0.2, -0.15) is 18.3 Å². The van der Waals surface area contributed by atoms with Crippen LogP contribution in [0.2, 0.25) is 0 Å². The molecule has 222 valence electrons. The zero-order chi connectivity index (χ0) is 30.3. The summed E-state index contributed by atoms with van der Waals surface area (Å²) in [5, 5.41) is 16.3. The summed E-state index contributed by atoms with van der Waals surface area (Å²) in [5.74, 6) is -0.254. The molecule has 0 spiro atoms. The van der Waals surface area contributed by atoms with Crippen LogP contribution < -0.4 is 31.7 Å². The Balaban J connectivity index is 1.59. The Bertz CT molecular complexity index is 1580. The van der Waals surface area contributed by atoms with Gasteiger partial charge >= 0.3 is 12.2 Å². The van der Waals surface area contributed by atoms with Crippen molar-refractivity contribution in [1.29, 1.82) is 0 Å². The van der Waals surface area contributed by atoms with Crippen molar-refractivity contribution in [2.24, 2.45) is 5.73 Å². The maximum Gasteiger partial charge on any atom is 0.433 e. The van der Waals surface area contributed by atoms with Gasteiger partial charge in [0, 0.05) is 49.7 Å². The number of nitrogens with one attached hydrogen (secondary N) is 5. The van der Waals surface area contributed by atoms with Crippen LogP contribution in [0.15, 0.2) is 36.9 Å². The highest BCUT2D eigenvalue weighted by Gasteiger charge is 2.36. The molecule has 0 aliphatic rings. The van der Waals surface area contributed by atoms with E-state index in [-0.39, 0.29) is 59.3 Å². The molecular formula is C25H27F3N10O4. The van der Waals surface area contributed by atoms with E-state index in [0.717, 1.165) is 6.20 Å². The number of fused-ring (bicyclic) bond motifs is 1. The normalized spacial score (nSPS) is 11.3. The molecule has 3 aromatic heterocycles. The number of H-pyrrole nitrogens is 1. The first-order valence-corrected chi connectivity index (χ1v) is 12.7. The summed E-state index contributed by atoms with van der Waals surface area (Å²) in [6.45, 7) is 2.87. The van der Waals surface area contributed by atoms with Crippen molar-refractivity contribution in [3.05, 3.63) is 53.7 Å². The summed E-state index contributed by atoms with van der Waals surface area (Å²) in [6, 6.07) is 2.60. The Morgan fingerprint density at radius 3 is 2.60 bits per heavy atom. The number of amides is 3. The minimum Gasteiger partial charge on any atom is -0.426 e. The van der Waals surface area contributed by atoms with Gasteiger partial charge in [-0.1, -0.05) is 6.92 Å². The molecule has 3 amide bonds. The van der Waals surface area contributed by atoms with Crippen molar-refractivity contribution in [3.63, 3.8) is 0 Å². The number of benzene rings is 1. The van der Waals surface area contributed by atoms with Crippen LogP contribution in [0.1, 0.15) is 28.5 Å². The number of nitrogens with two attached hydrogens (primary N) is 1. The van der Waals surface area contributed by atoms with E-state index in [2.05, 4.69) is 36.3 Å². The summed E-state index contributed by atoms with van der Waals surface area (Å²) >= 11 is 0. The molecule has 0 radical (unpaired) electrons. The fourth-order valence-corrected chi connectivity index (χ4v) is 4.20. The highest BCUT2D eigenvalue weighted by atomic mass is 19.4. The van der Waals surface area contributed by atoms with E-state index >= 15 is 0 Å². The number of rotatable bonds is 12. The zero-order valence-electron chi connectivity index (χ0n) is 22.2. The van der Waals surface area contributed by atoms with Crippen molar-refractivity contribution in [2.45, 2.75) is 19.5 Å². The molecule has 0 saturated heterocycles. The largest absolute Gasteiger partial charge is 0.433 e. The molecule has 0 unspecified atom stereocenters. The van der Waals surface area contributed by atoms with E-state index in [1.807, 2.05) is 5.10 Å². The van der Waals surface area contributed by atoms with Gasteiger partial charge < -0.3 is 31.7 Å². The van der Waals surface area contributed by atoms with Crippen LogP contribution >= 0.6 is 0 Å². The predicted octanol–water partition coefficient (Wildman–Crippen LogP) is 1.97. The number of nitrogens with zero attached hydrogens (tertiary/aromatic N) is 4. The van der Waals surface area contributed by atoms with Gasteiger partial charge in [0.1, 0.15) is 5.69 Å². The number of hydrogen-bond donors (Lipinski definition) is 6. The summed E-state index contributed by atoms with van der Waals surface area (Å²) in [4.78, 5) is 44.4. The molecule has 0 atom stereocenters. The van der Waals surface area contributed by atoms with Crippen LogP contribution in [0.4, 0.5) is 29.5 Å². The van der Waals surface area contributed by atoms with Crippen molar-refractivity contribution in [2.75, 3.05) is 31.5 Å². The summed E-state index contributed by atoms with van der Waals surface area (Å²) in [5.41, 5.74) is 5.31. The molecule has 42 heavy (non-hydrogen) atoms. The fraction of sp³-hybridized carbons (Fsp3) is 0.280. The number of carbonyl (C=O) groups excluding carboxylic acids is 3. The van der Waals surface area contributed by atoms with Crippen LogP contribution in [0, 0.1) is 0 Å². The molecule has 3 heterocycles. The van der Waals surface area contributed by atoms with Crippen LogP contribution in [0.25, 0.3) is 16.9 Å². The lowest BCUT2D eigenvalue weighted by Gasteiger charge is -2.17. The van der Waals surface area contributed by atoms with Crippen molar-refractivity contribution >= 4 is 35.6 Å². The quantitative estimate of drug-likeness (QED) is 0.106. The van der Waals surface area contributed by atoms with E-state index in [4.69, 9.17) is 10.5 Å². The SMILES string of the molecule is CCc1c(C(=O)NCCNC(=O)NCCN)ccc(Nc2nccn3c(-c4cn[nH]c4C(F)(F)F)cnc23)c1OC=O. The molecule has 7 N–H and O–H groups in total. The van der Waals surface area contributed by atoms with E-state index in [1.165, 1.54) is 35.1 Å². The highest BCUT2D eigenvalue weighted by molar-refractivity contribution is 5.98. The second-order valence-corrected chi connectivity index (χ2v) is 8.66. The number of anilines is 2. The van der Waals surface area contributed by atoms with Gasteiger partial charge in [-0.15, -0.1) is 0 Å². The van der Waals surface area contributed by atoms with E-state index in [1.54, 1.807) is 6.92 Å². The average molecular weight is 589 g/mol. The molecule has 0 saturated carbocycles. The topological polar surface area (TPSA) is 193 Å². The van der Waals surface area contributed by atoms with Crippen LogP contribution in [-0.4, -0.2) is 69.2 Å². The minimum absolute atomic E-state index is 0.0595. The predicted molar refractivity (Wildman–Crippen MR) is 144 cm³/mol. The molecule has 4 aromatic rings. The molecule has 0 aliphatic heterocycles. The Labute approximate surface area is 236 Å². The van der Waals surface area contributed by atoms with Gasteiger partial charge in [-0.25, -0.2) is 14.8 Å². The number of halogens is 3. The Morgan fingerprint density at radius 2 is 1.88 bits per heavy atom. The highest BCUT2D eigenvalue weighted by Crippen LogP contribution is 2.37. The summed E-state index contributed by atoms with van der Waals surface area (Å²) in [6.07, 6.45) is 0.756. The maximum absolute atomic E-state index is 13.5. The number of aromatic nitrogens is 5. The third kappa shape index (κ3) is 6.41. The zero-order valence-corrected chi connectivity index (χ0v) is 22.2. The van der Waals surface area contributed by atoms with Gasteiger partial charge in [0.15, 0.2) is 17.2 Å². The molecule has 0 fully saturated rings. The second kappa shape index (κ2) is 13.0. The molecule has 17 heteroatoms. The van der Waals surface area contributed by atoms with Crippen LogP contribution in [0.3, 0.4) is 0 Å². The number of alkyl halides is 3. The molecule has 4 rings (SSSR count). The average Bonchev–Trinajstić information content (AvgIpc) is 3.63. The lowest BCUT2D eigenvalue weighted by molar-refractivity contribution is -0.140. The monoisotopic (exact) mass is 588 g/mol. The number of carbonyl (C=O) groups is 3. The van der Waals surface area contributed by atoms with Crippen molar-refractivity contribution in [3.8, 4) is 17.0 Å². The van der Waals surface area contributed by atoms with Gasteiger partial charge in [0.2, 0.25) is 0 Å². The molecule has 0 aliphatic carbocycles. The van der Waals surface area contributed by atoms with Crippen molar-refractivity contribution in [1.82, 2.24) is 40.5 Å². The Morgan fingerprint density at radius 1 is 1.12 bits per heavy atom. The molecule has 1 aromatic carbocycles. The first-order valence-electron chi connectivity index (χ1n) is 12.7. The molecular weight excluding hydrogens is 561 g/mol. The third-order valence-electron chi connectivity index (χ3n) is 6.03. The van der Waals surface area contributed by atoms with Crippen molar-refractivity contribution < 1.29 is 32.3 Å². The van der Waals surface area contributed by atoms with Gasteiger partial charge in [0.25, 0.3) is 12.4 Å². The number of urea groups is 1. The number of ether oxygens (including phenoxy) is 1.